The van der Waals surface area contributed by atoms with Crippen molar-refractivity contribution < 1.29 is 4.79 Å². The molecule has 4 nitrogen and oxygen atoms in total. The molecule has 0 bridgehead atoms. The number of hydrogen-bond acceptors (Lipinski definition) is 5. The third-order valence-electron chi connectivity index (χ3n) is 4.33. The van der Waals surface area contributed by atoms with E-state index in [4.69, 9.17) is 12.2 Å². The van der Waals surface area contributed by atoms with Gasteiger partial charge < -0.3 is 9.80 Å². The van der Waals surface area contributed by atoms with E-state index in [1.54, 1.807) is 16.2 Å². The lowest BCUT2D eigenvalue weighted by atomic mass is 10.3. The van der Waals surface area contributed by atoms with E-state index < -0.39 is 0 Å². The van der Waals surface area contributed by atoms with Crippen LogP contribution in [0.15, 0.2) is 24.3 Å². The average Bonchev–Trinajstić information content (AvgIpc) is 3.26. The van der Waals surface area contributed by atoms with Gasteiger partial charge >= 0.3 is 0 Å². The Kier molecular flexibility index (Phi) is 5.73. The normalized spacial score (nSPS) is 15.7. The summed E-state index contributed by atoms with van der Waals surface area (Å²) >= 11 is 8.56. The zero-order chi connectivity index (χ0) is 17.1. The number of thioether (sulfide) groups is 1. The number of aromatic nitrogens is 1. The van der Waals surface area contributed by atoms with Gasteiger partial charge in [0.2, 0.25) is 5.91 Å². The molecule has 2 aromatic rings. The Morgan fingerprint density at radius 3 is 2.83 bits per heavy atom. The minimum Gasteiger partial charge on any atom is -0.358 e. The highest BCUT2D eigenvalue weighted by Crippen LogP contribution is 2.29. The van der Waals surface area contributed by atoms with Gasteiger partial charge in [-0.3, -0.25) is 4.79 Å². The summed E-state index contributed by atoms with van der Waals surface area (Å²) in [6.07, 6.45) is 2.40. The van der Waals surface area contributed by atoms with Crippen LogP contribution in [0.4, 0.5) is 0 Å². The number of amides is 1. The van der Waals surface area contributed by atoms with Crippen molar-refractivity contribution in [3.63, 3.8) is 0 Å². The molecule has 1 aliphatic rings. The zero-order valence-electron chi connectivity index (χ0n) is 13.9. The molecule has 0 unspecified atom stereocenters. The Bertz CT molecular complexity index is 707. The molecule has 1 aromatic carbocycles. The van der Waals surface area contributed by atoms with Crippen LogP contribution in [0.2, 0.25) is 0 Å². The topological polar surface area (TPSA) is 36.4 Å². The second-order valence-electron chi connectivity index (χ2n) is 5.95. The van der Waals surface area contributed by atoms with Crippen molar-refractivity contribution in [3.05, 3.63) is 29.3 Å². The molecule has 1 saturated heterocycles. The lowest BCUT2D eigenvalue weighted by Crippen LogP contribution is -2.32. The molecule has 3 rings (SSSR count). The first-order chi connectivity index (χ1) is 11.6. The van der Waals surface area contributed by atoms with Crippen LogP contribution in [0.25, 0.3) is 10.2 Å². The second kappa shape index (κ2) is 7.80. The highest BCUT2D eigenvalue weighted by Gasteiger charge is 2.22. The molecular weight excluding hydrogens is 358 g/mol. The summed E-state index contributed by atoms with van der Waals surface area (Å²) in [5.41, 5.74) is 0.995. The van der Waals surface area contributed by atoms with Crippen LogP contribution in [0, 0.1) is 0 Å². The largest absolute Gasteiger partial charge is 0.358 e. The first kappa shape index (κ1) is 17.6. The van der Waals surface area contributed by atoms with Crippen LogP contribution in [0.3, 0.4) is 0 Å². The van der Waals surface area contributed by atoms with E-state index in [-0.39, 0.29) is 11.9 Å². The first-order valence-corrected chi connectivity index (χ1v) is 10.3. The van der Waals surface area contributed by atoms with E-state index in [1.165, 1.54) is 24.6 Å². The highest BCUT2D eigenvalue weighted by atomic mass is 32.2. The van der Waals surface area contributed by atoms with E-state index in [1.807, 2.05) is 32.2 Å². The number of carbonyl (C=O) groups excluding carboxylic acids is 1. The maximum Gasteiger partial charge on any atom is 0.233 e. The first-order valence-electron chi connectivity index (χ1n) is 8.09. The summed E-state index contributed by atoms with van der Waals surface area (Å²) in [6, 6.07) is 8.04. The Balaban J connectivity index is 1.58. The third kappa shape index (κ3) is 3.90. The summed E-state index contributed by atoms with van der Waals surface area (Å²) < 4.78 is 2.01. The predicted molar refractivity (Wildman–Crippen MR) is 107 cm³/mol. The van der Waals surface area contributed by atoms with Gasteiger partial charge in [-0.25, -0.2) is 4.98 Å². The Hall–Kier alpha value is -1.18. The van der Waals surface area contributed by atoms with Crippen LogP contribution in [0.1, 0.15) is 30.8 Å². The smallest absolute Gasteiger partial charge is 0.233 e. The fourth-order valence-electron chi connectivity index (χ4n) is 2.67. The van der Waals surface area contributed by atoms with Crippen molar-refractivity contribution in [2.24, 2.45) is 0 Å². The van der Waals surface area contributed by atoms with Crippen molar-refractivity contribution >= 4 is 55.8 Å². The number of hydrogen-bond donors (Lipinski definition) is 0. The Morgan fingerprint density at radius 2 is 2.12 bits per heavy atom. The van der Waals surface area contributed by atoms with Crippen molar-refractivity contribution in [1.29, 1.82) is 0 Å². The minimum absolute atomic E-state index is 0.0316. The number of benzene rings is 1. The van der Waals surface area contributed by atoms with Gasteiger partial charge in [0.25, 0.3) is 0 Å². The number of carbonyl (C=O) groups is 1. The Labute approximate surface area is 156 Å². The van der Waals surface area contributed by atoms with Crippen LogP contribution in [0.5, 0.6) is 0 Å². The molecule has 24 heavy (non-hydrogen) atoms. The third-order valence-corrected chi connectivity index (χ3v) is 7.04. The highest BCUT2D eigenvalue weighted by molar-refractivity contribution is 8.23. The van der Waals surface area contributed by atoms with Crippen molar-refractivity contribution in [2.75, 3.05) is 25.9 Å². The molecule has 1 aromatic heterocycles. The van der Waals surface area contributed by atoms with Gasteiger partial charge in [-0.2, -0.15) is 0 Å². The average molecular weight is 380 g/mol. The van der Waals surface area contributed by atoms with Crippen molar-refractivity contribution in [3.8, 4) is 0 Å². The molecule has 0 spiro atoms. The van der Waals surface area contributed by atoms with E-state index in [2.05, 4.69) is 16.0 Å². The van der Waals surface area contributed by atoms with Crippen LogP contribution in [-0.2, 0) is 4.79 Å². The molecule has 0 saturated carbocycles. The number of likely N-dealkylation sites (tertiary alicyclic amines) is 1. The molecule has 1 atom stereocenters. The molecule has 0 aliphatic carbocycles. The lowest BCUT2D eigenvalue weighted by Gasteiger charge is -2.24. The SMILES string of the molecule is C[C@@H](c1nc2ccccc2s1)N(C)C(=O)CSC(=S)N1CCCC1. The quantitative estimate of drug-likeness (QED) is 0.752. The number of rotatable bonds is 4. The number of fused-ring (bicyclic) bond motifs is 1. The van der Waals surface area contributed by atoms with Gasteiger partial charge in [-0.1, -0.05) is 36.1 Å². The maximum absolute atomic E-state index is 12.5. The molecule has 7 heteroatoms. The number of thiocarbonyl (C=S) groups is 1. The standard InChI is InChI=1S/C17H21N3OS3/c1-12(16-18-13-7-3-4-8-14(13)24-16)19(2)15(21)11-23-17(22)20-9-5-6-10-20/h3-4,7-8,12H,5-6,9-11H2,1-2H3/t12-/m0/s1. The van der Waals surface area contributed by atoms with Gasteiger partial charge in [0, 0.05) is 20.1 Å². The Morgan fingerprint density at radius 1 is 1.42 bits per heavy atom. The zero-order valence-corrected chi connectivity index (χ0v) is 16.3. The molecule has 1 amide bonds. The summed E-state index contributed by atoms with van der Waals surface area (Å²) in [5.74, 6) is 0.481. The summed E-state index contributed by atoms with van der Waals surface area (Å²) in [5, 5.41) is 0.971. The summed E-state index contributed by atoms with van der Waals surface area (Å²) in [7, 11) is 1.85. The molecule has 1 fully saturated rings. The molecular formula is C17H21N3OS3. The fraction of sp³-hybridized carbons (Fsp3) is 0.471. The maximum atomic E-state index is 12.5. The minimum atomic E-state index is -0.0316. The fourth-order valence-corrected chi connectivity index (χ4v) is 4.90. The summed E-state index contributed by atoms with van der Waals surface area (Å²) in [4.78, 5) is 21.1. The lowest BCUT2D eigenvalue weighted by molar-refractivity contribution is -0.128. The molecule has 128 valence electrons. The van der Waals surface area contributed by atoms with E-state index in [0.717, 1.165) is 32.6 Å². The van der Waals surface area contributed by atoms with Gasteiger partial charge in [0.05, 0.1) is 22.0 Å². The number of thiazole rings is 1. The summed E-state index contributed by atoms with van der Waals surface area (Å²) in [6.45, 7) is 4.08. The second-order valence-corrected chi connectivity index (χ2v) is 8.62. The van der Waals surface area contributed by atoms with Crippen molar-refractivity contribution in [1.82, 2.24) is 14.8 Å². The van der Waals surface area contributed by atoms with Gasteiger partial charge in [0.15, 0.2) is 0 Å². The van der Waals surface area contributed by atoms with Gasteiger partial charge in [-0.05, 0) is 31.9 Å². The molecule has 0 N–H and O–H groups in total. The molecule has 0 radical (unpaired) electrons. The van der Waals surface area contributed by atoms with E-state index in [0.29, 0.717) is 5.75 Å². The van der Waals surface area contributed by atoms with Crippen molar-refractivity contribution in [2.45, 2.75) is 25.8 Å². The van der Waals surface area contributed by atoms with Crippen LogP contribution >= 0.6 is 35.3 Å². The molecule has 1 aliphatic heterocycles. The van der Waals surface area contributed by atoms with Crippen LogP contribution in [-0.4, -0.2) is 50.9 Å². The van der Waals surface area contributed by atoms with Gasteiger partial charge in [0.1, 0.15) is 9.33 Å². The van der Waals surface area contributed by atoms with Gasteiger partial charge in [-0.15, -0.1) is 11.3 Å². The predicted octanol–water partition coefficient (Wildman–Crippen LogP) is 3.93. The molecule has 2 heterocycles. The number of nitrogens with zero attached hydrogens (tertiary/aromatic N) is 3. The number of para-hydroxylation sites is 1. The van der Waals surface area contributed by atoms with E-state index in [9.17, 15) is 4.79 Å². The van der Waals surface area contributed by atoms with Crippen LogP contribution < -0.4 is 0 Å². The van der Waals surface area contributed by atoms with E-state index >= 15 is 0 Å². The monoisotopic (exact) mass is 379 g/mol.